The highest BCUT2D eigenvalue weighted by molar-refractivity contribution is 6.06. The number of aryl methyl sites for hydroxylation is 1. The first-order valence-electron chi connectivity index (χ1n) is 13.5. The van der Waals surface area contributed by atoms with E-state index in [1.54, 1.807) is 23.1 Å². The SMILES string of the molecule is Cc1ccc(C2CC(=O)Nc3cc(C(=O)NCC(C)(C)CN)ccc3N2C(=O)CCC2CCCC2)cc1. The number of benzene rings is 2. The summed E-state index contributed by atoms with van der Waals surface area (Å²) >= 11 is 0. The van der Waals surface area contributed by atoms with E-state index in [-0.39, 0.29) is 29.6 Å². The lowest BCUT2D eigenvalue weighted by atomic mass is 9.94. The molecule has 1 fully saturated rings. The van der Waals surface area contributed by atoms with Crippen molar-refractivity contribution in [2.75, 3.05) is 23.3 Å². The normalized spacial score (nSPS) is 18.2. The number of carbonyl (C=O) groups excluding carboxylic acids is 3. The minimum absolute atomic E-state index is 0.0112. The molecule has 1 atom stereocenters. The van der Waals surface area contributed by atoms with Gasteiger partial charge in [-0.15, -0.1) is 0 Å². The van der Waals surface area contributed by atoms with Gasteiger partial charge in [-0.25, -0.2) is 0 Å². The average Bonchev–Trinajstić information content (AvgIpc) is 3.35. The van der Waals surface area contributed by atoms with Crippen molar-refractivity contribution in [1.82, 2.24) is 5.32 Å². The quantitative estimate of drug-likeness (QED) is 0.465. The first-order chi connectivity index (χ1) is 17.7. The Kier molecular flexibility index (Phi) is 8.32. The summed E-state index contributed by atoms with van der Waals surface area (Å²) in [5, 5.41) is 5.90. The average molecular weight is 505 g/mol. The molecule has 1 heterocycles. The molecule has 0 saturated heterocycles. The molecule has 0 aromatic heterocycles. The van der Waals surface area contributed by atoms with E-state index in [9.17, 15) is 14.4 Å². The Labute approximate surface area is 220 Å². The first-order valence-corrected chi connectivity index (χ1v) is 13.5. The number of rotatable bonds is 8. The highest BCUT2D eigenvalue weighted by atomic mass is 16.2. The number of nitrogens with zero attached hydrogens (tertiary/aromatic N) is 1. The molecule has 0 radical (unpaired) electrons. The minimum Gasteiger partial charge on any atom is -0.351 e. The summed E-state index contributed by atoms with van der Waals surface area (Å²) in [4.78, 5) is 41.5. The molecular weight excluding hydrogens is 464 g/mol. The van der Waals surface area contributed by atoms with Crippen molar-refractivity contribution in [3.63, 3.8) is 0 Å². The molecule has 7 heteroatoms. The van der Waals surface area contributed by atoms with Crippen molar-refractivity contribution in [2.24, 2.45) is 17.1 Å². The van der Waals surface area contributed by atoms with Crippen LogP contribution in [-0.2, 0) is 9.59 Å². The van der Waals surface area contributed by atoms with Gasteiger partial charge in [-0.05, 0) is 55.0 Å². The van der Waals surface area contributed by atoms with E-state index in [0.717, 1.165) is 17.5 Å². The van der Waals surface area contributed by atoms with Crippen molar-refractivity contribution in [2.45, 2.75) is 71.8 Å². The number of nitrogens with one attached hydrogen (secondary N) is 2. The molecule has 1 unspecified atom stereocenters. The Morgan fingerprint density at radius 3 is 2.49 bits per heavy atom. The number of anilines is 2. The number of amides is 3. The van der Waals surface area contributed by atoms with Crippen molar-refractivity contribution >= 4 is 29.1 Å². The van der Waals surface area contributed by atoms with Gasteiger partial charge in [0.15, 0.2) is 0 Å². The van der Waals surface area contributed by atoms with Gasteiger partial charge >= 0.3 is 0 Å². The van der Waals surface area contributed by atoms with Crippen LogP contribution in [0.3, 0.4) is 0 Å². The number of carbonyl (C=O) groups is 3. The largest absolute Gasteiger partial charge is 0.351 e. The van der Waals surface area contributed by atoms with E-state index < -0.39 is 6.04 Å². The highest BCUT2D eigenvalue weighted by Gasteiger charge is 2.34. The molecule has 2 aliphatic rings. The van der Waals surface area contributed by atoms with Crippen LogP contribution in [0, 0.1) is 18.3 Å². The predicted octanol–water partition coefficient (Wildman–Crippen LogP) is 5.10. The third kappa shape index (κ3) is 6.58. The second-order valence-corrected chi connectivity index (χ2v) is 11.4. The van der Waals surface area contributed by atoms with Gasteiger partial charge < -0.3 is 21.3 Å². The molecule has 1 aliphatic heterocycles. The van der Waals surface area contributed by atoms with Crippen LogP contribution in [-0.4, -0.2) is 30.8 Å². The lowest BCUT2D eigenvalue weighted by Gasteiger charge is -2.31. The topological polar surface area (TPSA) is 105 Å². The van der Waals surface area contributed by atoms with Crippen molar-refractivity contribution < 1.29 is 14.4 Å². The van der Waals surface area contributed by atoms with Crippen molar-refractivity contribution in [1.29, 1.82) is 0 Å². The van der Waals surface area contributed by atoms with E-state index in [0.29, 0.717) is 42.4 Å². The fourth-order valence-corrected chi connectivity index (χ4v) is 5.23. The third-order valence-corrected chi connectivity index (χ3v) is 7.73. The van der Waals surface area contributed by atoms with Gasteiger partial charge in [0.1, 0.15) is 0 Å². The lowest BCUT2D eigenvalue weighted by Crippen LogP contribution is -2.38. The van der Waals surface area contributed by atoms with Gasteiger partial charge in [0.2, 0.25) is 11.8 Å². The number of hydrogen-bond donors (Lipinski definition) is 3. The molecule has 2 aromatic rings. The molecular formula is C30H40N4O3. The van der Waals surface area contributed by atoms with Crippen LogP contribution in [0.4, 0.5) is 11.4 Å². The molecule has 198 valence electrons. The van der Waals surface area contributed by atoms with E-state index >= 15 is 0 Å². The summed E-state index contributed by atoms with van der Waals surface area (Å²) in [6.07, 6.45) is 6.31. The van der Waals surface area contributed by atoms with Crippen LogP contribution in [0.15, 0.2) is 42.5 Å². The third-order valence-electron chi connectivity index (χ3n) is 7.73. The van der Waals surface area contributed by atoms with Crippen LogP contribution in [0.25, 0.3) is 0 Å². The Bertz CT molecular complexity index is 1140. The number of hydrogen-bond acceptors (Lipinski definition) is 4. The maximum absolute atomic E-state index is 13.8. The van der Waals surface area contributed by atoms with Crippen molar-refractivity contribution in [3.05, 3.63) is 59.2 Å². The summed E-state index contributed by atoms with van der Waals surface area (Å²) in [5.41, 5.74) is 9.16. The summed E-state index contributed by atoms with van der Waals surface area (Å²) < 4.78 is 0. The van der Waals surface area contributed by atoms with E-state index in [4.69, 9.17) is 5.73 Å². The molecule has 2 aromatic carbocycles. The van der Waals surface area contributed by atoms with E-state index in [1.165, 1.54) is 25.7 Å². The van der Waals surface area contributed by atoms with Crippen LogP contribution < -0.4 is 21.3 Å². The Morgan fingerprint density at radius 2 is 1.81 bits per heavy atom. The molecule has 1 saturated carbocycles. The fraction of sp³-hybridized carbons (Fsp3) is 0.500. The predicted molar refractivity (Wildman–Crippen MR) is 147 cm³/mol. The zero-order valence-corrected chi connectivity index (χ0v) is 22.3. The molecule has 7 nitrogen and oxygen atoms in total. The minimum atomic E-state index is -0.414. The first kappa shape index (κ1) is 26.9. The molecule has 1 aliphatic carbocycles. The molecule has 3 amide bonds. The second-order valence-electron chi connectivity index (χ2n) is 11.4. The van der Waals surface area contributed by atoms with Gasteiger partial charge in [-0.3, -0.25) is 14.4 Å². The summed E-state index contributed by atoms with van der Waals surface area (Å²) in [6.45, 7) is 6.89. The van der Waals surface area contributed by atoms with Crippen LogP contribution in [0.1, 0.15) is 86.3 Å². The van der Waals surface area contributed by atoms with Gasteiger partial charge in [0, 0.05) is 18.5 Å². The zero-order valence-electron chi connectivity index (χ0n) is 22.3. The Hall–Kier alpha value is -3.19. The van der Waals surface area contributed by atoms with E-state index in [1.807, 2.05) is 45.0 Å². The summed E-state index contributed by atoms with van der Waals surface area (Å²) in [7, 11) is 0. The molecule has 0 bridgehead atoms. The number of nitrogens with two attached hydrogens (primary N) is 1. The van der Waals surface area contributed by atoms with Crippen LogP contribution in [0.5, 0.6) is 0 Å². The van der Waals surface area contributed by atoms with Crippen LogP contribution in [0.2, 0.25) is 0 Å². The Balaban J connectivity index is 1.66. The zero-order chi connectivity index (χ0) is 26.6. The summed E-state index contributed by atoms with van der Waals surface area (Å²) in [6, 6.07) is 12.8. The molecule has 37 heavy (non-hydrogen) atoms. The molecule has 4 N–H and O–H groups in total. The van der Waals surface area contributed by atoms with Gasteiger partial charge in [-0.1, -0.05) is 69.4 Å². The second kappa shape index (κ2) is 11.5. The smallest absolute Gasteiger partial charge is 0.251 e. The fourth-order valence-electron chi connectivity index (χ4n) is 5.23. The maximum atomic E-state index is 13.8. The maximum Gasteiger partial charge on any atom is 0.251 e. The van der Waals surface area contributed by atoms with E-state index in [2.05, 4.69) is 10.6 Å². The van der Waals surface area contributed by atoms with Crippen molar-refractivity contribution in [3.8, 4) is 0 Å². The molecule has 0 spiro atoms. The monoisotopic (exact) mass is 504 g/mol. The van der Waals surface area contributed by atoms with Gasteiger partial charge in [0.25, 0.3) is 5.91 Å². The van der Waals surface area contributed by atoms with Crippen LogP contribution >= 0.6 is 0 Å². The Morgan fingerprint density at radius 1 is 1.11 bits per heavy atom. The van der Waals surface area contributed by atoms with Gasteiger partial charge in [-0.2, -0.15) is 0 Å². The molecule has 4 rings (SSSR count). The highest BCUT2D eigenvalue weighted by Crippen LogP contribution is 2.40. The number of fused-ring (bicyclic) bond motifs is 1. The van der Waals surface area contributed by atoms with Gasteiger partial charge in [0.05, 0.1) is 23.8 Å². The lowest BCUT2D eigenvalue weighted by molar-refractivity contribution is -0.119. The summed E-state index contributed by atoms with van der Waals surface area (Å²) in [5.74, 6) is 0.186. The standard InChI is InChI=1S/C30H40N4O3/c1-20-8-11-22(12-9-20)26-17-27(35)33-24-16-23(29(37)32-19-30(2,3)18-31)13-14-25(24)34(26)28(36)15-10-21-6-4-5-7-21/h8-9,11-14,16,21,26H,4-7,10,15,17-19,31H2,1-3H3,(H,32,37)(H,33,35).